The molecule has 3 atom stereocenters. The van der Waals surface area contributed by atoms with Gasteiger partial charge in [0.15, 0.2) is 0 Å². The van der Waals surface area contributed by atoms with Gasteiger partial charge in [0.05, 0.1) is 0 Å². The van der Waals surface area contributed by atoms with Gasteiger partial charge in [0.1, 0.15) is 0 Å². The summed E-state index contributed by atoms with van der Waals surface area (Å²) >= 11 is 0. The summed E-state index contributed by atoms with van der Waals surface area (Å²) in [5.74, 6) is 1.97. The van der Waals surface area contributed by atoms with Gasteiger partial charge >= 0.3 is 0 Å². The molecule has 3 heterocycles. The van der Waals surface area contributed by atoms with E-state index in [0.29, 0.717) is 0 Å². The first-order valence-corrected chi connectivity index (χ1v) is 6.25. The van der Waals surface area contributed by atoms with E-state index in [9.17, 15) is 0 Å². The maximum atomic E-state index is 2.80. The summed E-state index contributed by atoms with van der Waals surface area (Å²) in [6.45, 7) is 5.49. The average Bonchev–Trinajstić information content (AvgIpc) is 2.17. The zero-order valence-corrected chi connectivity index (χ0v) is 9.28. The molecule has 2 nitrogen and oxygen atoms in total. The van der Waals surface area contributed by atoms with E-state index in [-0.39, 0.29) is 0 Å². The molecule has 2 unspecified atom stereocenters. The van der Waals surface area contributed by atoms with Crippen LogP contribution < -0.4 is 0 Å². The summed E-state index contributed by atoms with van der Waals surface area (Å²) in [6, 6.07) is 0.947. The van der Waals surface area contributed by atoms with E-state index in [4.69, 9.17) is 0 Å². The molecule has 80 valence electrons. The van der Waals surface area contributed by atoms with E-state index in [1.54, 1.807) is 0 Å². The average molecular weight is 194 g/mol. The van der Waals surface area contributed by atoms with Crippen LogP contribution in [0.15, 0.2) is 0 Å². The first-order valence-electron chi connectivity index (χ1n) is 6.25. The Labute approximate surface area is 87.3 Å². The monoisotopic (exact) mass is 194 g/mol. The Balaban J connectivity index is 1.76. The van der Waals surface area contributed by atoms with Crippen LogP contribution in [0.3, 0.4) is 0 Å². The lowest BCUT2D eigenvalue weighted by Crippen LogP contribution is -2.58. The van der Waals surface area contributed by atoms with Gasteiger partial charge < -0.3 is 4.90 Å². The Kier molecular flexibility index (Phi) is 2.29. The summed E-state index contributed by atoms with van der Waals surface area (Å²) in [7, 11) is 2.30. The Hall–Kier alpha value is -0.0800. The predicted octanol–water partition coefficient (Wildman–Crippen LogP) is 1.42. The van der Waals surface area contributed by atoms with E-state index in [1.807, 2.05) is 0 Å². The van der Waals surface area contributed by atoms with E-state index >= 15 is 0 Å². The summed E-state index contributed by atoms with van der Waals surface area (Å²) in [4.78, 5) is 5.36. The lowest BCUT2D eigenvalue weighted by Gasteiger charge is -2.52. The first-order chi connectivity index (χ1) is 6.83. The topological polar surface area (TPSA) is 6.48 Å². The highest BCUT2D eigenvalue weighted by molar-refractivity contribution is 4.94. The molecule has 0 spiro atoms. The molecular weight excluding hydrogens is 172 g/mol. The van der Waals surface area contributed by atoms with Crippen molar-refractivity contribution in [2.45, 2.75) is 31.7 Å². The van der Waals surface area contributed by atoms with E-state index in [1.165, 1.54) is 51.9 Å². The fourth-order valence-electron chi connectivity index (χ4n) is 4.01. The minimum Gasteiger partial charge on any atom is -0.306 e. The number of rotatable bonds is 0. The molecule has 0 radical (unpaired) electrons. The zero-order chi connectivity index (χ0) is 9.54. The molecule has 3 rings (SSSR count). The van der Waals surface area contributed by atoms with Crippen molar-refractivity contribution < 1.29 is 0 Å². The Morgan fingerprint density at radius 3 is 2.93 bits per heavy atom. The fourth-order valence-corrected chi connectivity index (χ4v) is 4.01. The third-order valence-corrected chi connectivity index (χ3v) is 4.45. The van der Waals surface area contributed by atoms with Gasteiger partial charge in [0.2, 0.25) is 0 Å². The third kappa shape index (κ3) is 1.49. The highest BCUT2D eigenvalue weighted by atomic mass is 15.2. The van der Waals surface area contributed by atoms with Crippen LogP contribution in [-0.2, 0) is 0 Å². The second-order valence-corrected chi connectivity index (χ2v) is 5.64. The van der Waals surface area contributed by atoms with Crippen molar-refractivity contribution in [3.05, 3.63) is 0 Å². The van der Waals surface area contributed by atoms with Crippen molar-refractivity contribution in [1.29, 1.82) is 0 Å². The molecule has 3 fully saturated rings. The minimum absolute atomic E-state index is 0.947. The molecule has 2 heteroatoms. The van der Waals surface area contributed by atoms with Gasteiger partial charge in [0, 0.05) is 25.7 Å². The molecular formula is C12H22N2. The maximum Gasteiger partial charge on any atom is 0.0136 e. The number of nitrogens with zero attached hydrogens (tertiary/aromatic N) is 2. The Morgan fingerprint density at radius 2 is 2.00 bits per heavy atom. The van der Waals surface area contributed by atoms with Crippen molar-refractivity contribution in [2.24, 2.45) is 11.8 Å². The van der Waals surface area contributed by atoms with Crippen molar-refractivity contribution >= 4 is 0 Å². The largest absolute Gasteiger partial charge is 0.306 e. The maximum absolute atomic E-state index is 2.80. The summed E-state index contributed by atoms with van der Waals surface area (Å²) < 4.78 is 0. The number of likely N-dealkylation sites (tertiary alicyclic amines) is 1. The van der Waals surface area contributed by atoms with Crippen molar-refractivity contribution in [3.63, 3.8) is 0 Å². The van der Waals surface area contributed by atoms with Gasteiger partial charge in [-0.3, -0.25) is 4.90 Å². The molecule has 3 saturated heterocycles. The standard InChI is InChI=1S/C12H22N2/c1-13-7-10-6-11(9-13)12-4-2-3-5-14(12)8-10/h10-12H,2-9H2,1H3/t10?,11?,12-/m1/s1. The summed E-state index contributed by atoms with van der Waals surface area (Å²) in [5.41, 5.74) is 0. The molecule has 0 aliphatic carbocycles. The Bertz CT molecular complexity index is 214. The van der Waals surface area contributed by atoms with Crippen LogP contribution in [0.2, 0.25) is 0 Å². The smallest absolute Gasteiger partial charge is 0.0136 e. The molecule has 0 aromatic rings. The molecule has 3 aliphatic heterocycles. The van der Waals surface area contributed by atoms with Gasteiger partial charge in [-0.2, -0.15) is 0 Å². The number of hydrogen-bond donors (Lipinski definition) is 0. The Morgan fingerprint density at radius 1 is 1.07 bits per heavy atom. The van der Waals surface area contributed by atoms with Gasteiger partial charge in [-0.1, -0.05) is 6.42 Å². The SMILES string of the molecule is CN1CC2CC(C1)[C@H]1CCCCN1C2. The van der Waals surface area contributed by atoms with E-state index < -0.39 is 0 Å². The molecule has 0 aromatic carbocycles. The van der Waals surface area contributed by atoms with Crippen molar-refractivity contribution in [3.8, 4) is 0 Å². The molecule has 0 amide bonds. The second-order valence-electron chi connectivity index (χ2n) is 5.64. The third-order valence-electron chi connectivity index (χ3n) is 4.45. The molecule has 0 aromatic heterocycles. The van der Waals surface area contributed by atoms with Crippen LogP contribution in [0.5, 0.6) is 0 Å². The molecule has 14 heavy (non-hydrogen) atoms. The number of hydrogen-bond acceptors (Lipinski definition) is 2. The highest BCUT2D eigenvalue weighted by Gasteiger charge is 2.40. The lowest BCUT2D eigenvalue weighted by molar-refractivity contribution is -0.0231. The molecule has 2 bridgehead atoms. The van der Waals surface area contributed by atoms with Crippen molar-refractivity contribution in [2.75, 3.05) is 33.2 Å². The summed E-state index contributed by atoms with van der Waals surface area (Å²) in [6.07, 6.45) is 5.93. The molecule has 3 aliphatic rings. The van der Waals surface area contributed by atoms with Crippen LogP contribution >= 0.6 is 0 Å². The van der Waals surface area contributed by atoms with Crippen LogP contribution in [0.1, 0.15) is 25.7 Å². The van der Waals surface area contributed by atoms with Gasteiger partial charge in [-0.25, -0.2) is 0 Å². The number of fused-ring (bicyclic) bond motifs is 4. The minimum atomic E-state index is 0.947. The highest BCUT2D eigenvalue weighted by Crippen LogP contribution is 2.36. The molecule has 0 N–H and O–H groups in total. The van der Waals surface area contributed by atoms with E-state index in [2.05, 4.69) is 16.8 Å². The van der Waals surface area contributed by atoms with Gasteiger partial charge in [0.25, 0.3) is 0 Å². The quantitative estimate of drug-likeness (QED) is 0.575. The van der Waals surface area contributed by atoms with Crippen LogP contribution in [0.25, 0.3) is 0 Å². The van der Waals surface area contributed by atoms with Crippen LogP contribution in [0.4, 0.5) is 0 Å². The molecule has 0 saturated carbocycles. The number of piperidine rings is 3. The normalized spacial score (nSPS) is 44.8. The zero-order valence-electron chi connectivity index (χ0n) is 9.28. The fraction of sp³-hybridized carbons (Fsp3) is 1.00. The van der Waals surface area contributed by atoms with Gasteiger partial charge in [-0.05, 0) is 44.7 Å². The van der Waals surface area contributed by atoms with Crippen molar-refractivity contribution in [1.82, 2.24) is 9.80 Å². The second kappa shape index (κ2) is 3.49. The summed E-state index contributed by atoms with van der Waals surface area (Å²) in [5, 5.41) is 0. The lowest BCUT2D eigenvalue weighted by atomic mass is 9.76. The van der Waals surface area contributed by atoms with Crippen LogP contribution in [-0.4, -0.2) is 49.1 Å². The first kappa shape index (κ1) is 9.17. The van der Waals surface area contributed by atoms with Gasteiger partial charge in [-0.15, -0.1) is 0 Å². The van der Waals surface area contributed by atoms with Crippen LogP contribution in [0, 0.1) is 11.8 Å². The van der Waals surface area contributed by atoms with E-state index in [0.717, 1.165) is 17.9 Å². The predicted molar refractivity (Wildman–Crippen MR) is 58.3 cm³/mol.